The van der Waals surface area contributed by atoms with Crippen LogP contribution in [0.1, 0.15) is 19.8 Å². The van der Waals surface area contributed by atoms with Crippen molar-refractivity contribution in [3.05, 3.63) is 0 Å². The van der Waals surface area contributed by atoms with Crippen molar-refractivity contribution >= 4 is 5.91 Å². The van der Waals surface area contributed by atoms with Crippen LogP contribution < -0.4 is 10.6 Å². The molecule has 14 heavy (non-hydrogen) atoms. The lowest BCUT2D eigenvalue weighted by Gasteiger charge is -2.08. The molecule has 0 bridgehead atoms. The van der Waals surface area contributed by atoms with Crippen molar-refractivity contribution in [3.8, 4) is 0 Å². The van der Waals surface area contributed by atoms with E-state index in [2.05, 4.69) is 10.6 Å². The summed E-state index contributed by atoms with van der Waals surface area (Å²) in [6.45, 7) is 5.95. The second kappa shape index (κ2) is 6.79. The fraction of sp³-hybridized carbons (Fsp3) is 0.900. The van der Waals surface area contributed by atoms with Crippen molar-refractivity contribution < 1.29 is 9.53 Å². The van der Waals surface area contributed by atoms with Crippen LogP contribution in [0.4, 0.5) is 0 Å². The molecule has 1 rings (SSSR count). The minimum Gasteiger partial charge on any atom is -0.380 e. The molecule has 1 fully saturated rings. The zero-order valence-corrected chi connectivity index (χ0v) is 8.84. The van der Waals surface area contributed by atoms with Gasteiger partial charge in [-0.1, -0.05) is 0 Å². The Kier molecular flexibility index (Phi) is 5.56. The zero-order chi connectivity index (χ0) is 10.2. The van der Waals surface area contributed by atoms with Crippen LogP contribution in [-0.4, -0.2) is 38.8 Å². The van der Waals surface area contributed by atoms with Gasteiger partial charge in [0.15, 0.2) is 0 Å². The quantitative estimate of drug-likeness (QED) is 0.600. The van der Waals surface area contributed by atoms with E-state index in [4.69, 9.17) is 4.74 Å². The highest BCUT2D eigenvalue weighted by molar-refractivity contribution is 5.76. The van der Waals surface area contributed by atoms with Gasteiger partial charge in [-0.15, -0.1) is 0 Å². The molecule has 0 aromatic rings. The third kappa shape index (κ3) is 4.58. The molecule has 2 N–H and O–H groups in total. The van der Waals surface area contributed by atoms with Gasteiger partial charge in [-0.25, -0.2) is 0 Å². The molecule has 0 radical (unpaired) electrons. The Labute approximate surface area is 85.4 Å². The predicted molar refractivity (Wildman–Crippen MR) is 55.1 cm³/mol. The fourth-order valence-electron chi connectivity index (χ4n) is 1.63. The smallest absolute Gasteiger partial charge is 0.220 e. The largest absolute Gasteiger partial charge is 0.380 e. The van der Waals surface area contributed by atoms with E-state index in [0.29, 0.717) is 32.1 Å². The van der Waals surface area contributed by atoms with Crippen molar-refractivity contribution in [3.63, 3.8) is 0 Å². The first kappa shape index (κ1) is 11.5. The Morgan fingerprint density at radius 3 is 3.14 bits per heavy atom. The lowest BCUT2D eigenvalue weighted by atomic mass is 10.0. The van der Waals surface area contributed by atoms with Crippen LogP contribution in [0.15, 0.2) is 0 Å². The molecular formula is C10H20N2O2. The maximum Gasteiger partial charge on any atom is 0.220 e. The van der Waals surface area contributed by atoms with Crippen molar-refractivity contribution in [2.24, 2.45) is 5.92 Å². The summed E-state index contributed by atoms with van der Waals surface area (Å²) in [6, 6.07) is 0. The maximum absolute atomic E-state index is 11.4. The molecule has 1 amide bonds. The van der Waals surface area contributed by atoms with Crippen LogP contribution in [0.25, 0.3) is 0 Å². The van der Waals surface area contributed by atoms with Gasteiger partial charge in [0.1, 0.15) is 0 Å². The van der Waals surface area contributed by atoms with Gasteiger partial charge in [-0.05, 0) is 32.4 Å². The van der Waals surface area contributed by atoms with Gasteiger partial charge in [-0.2, -0.15) is 0 Å². The molecule has 4 heteroatoms. The van der Waals surface area contributed by atoms with Crippen LogP contribution in [0.3, 0.4) is 0 Å². The van der Waals surface area contributed by atoms with E-state index in [1.807, 2.05) is 6.92 Å². The number of rotatable bonds is 6. The zero-order valence-electron chi connectivity index (χ0n) is 8.84. The topological polar surface area (TPSA) is 50.4 Å². The summed E-state index contributed by atoms with van der Waals surface area (Å²) in [6.07, 6.45) is 1.78. The highest BCUT2D eigenvalue weighted by Crippen LogP contribution is 2.11. The van der Waals surface area contributed by atoms with Crippen molar-refractivity contribution in [2.75, 3.05) is 32.8 Å². The fourth-order valence-corrected chi connectivity index (χ4v) is 1.63. The van der Waals surface area contributed by atoms with E-state index in [-0.39, 0.29) is 5.91 Å². The van der Waals surface area contributed by atoms with Gasteiger partial charge in [0, 0.05) is 19.6 Å². The standard InChI is InChI=1S/C10H20N2O2/c1-2-14-6-5-12-10(13)7-9-3-4-11-8-9/h9,11H,2-8H2,1H3,(H,12,13). The van der Waals surface area contributed by atoms with Gasteiger partial charge in [0.05, 0.1) is 6.61 Å². The van der Waals surface area contributed by atoms with Crippen LogP contribution in [0.2, 0.25) is 0 Å². The average molecular weight is 200 g/mol. The number of hydrogen-bond acceptors (Lipinski definition) is 3. The van der Waals surface area contributed by atoms with E-state index in [9.17, 15) is 4.79 Å². The minimum absolute atomic E-state index is 0.151. The first-order valence-electron chi connectivity index (χ1n) is 5.38. The highest BCUT2D eigenvalue weighted by Gasteiger charge is 2.17. The molecule has 0 aromatic heterocycles. The Bertz CT molecular complexity index is 168. The van der Waals surface area contributed by atoms with E-state index in [1.54, 1.807) is 0 Å². The van der Waals surface area contributed by atoms with Crippen molar-refractivity contribution in [1.29, 1.82) is 0 Å². The van der Waals surface area contributed by atoms with E-state index >= 15 is 0 Å². The third-order valence-electron chi connectivity index (χ3n) is 2.41. The molecule has 1 saturated heterocycles. The molecule has 1 unspecified atom stereocenters. The average Bonchev–Trinajstić information content (AvgIpc) is 2.65. The lowest BCUT2D eigenvalue weighted by Crippen LogP contribution is -2.29. The molecule has 0 aromatic carbocycles. The van der Waals surface area contributed by atoms with E-state index in [0.717, 1.165) is 19.5 Å². The van der Waals surface area contributed by atoms with Gasteiger partial charge in [0.2, 0.25) is 5.91 Å². The summed E-state index contributed by atoms with van der Waals surface area (Å²) in [5.41, 5.74) is 0. The van der Waals surface area contributed by atoms with Gasteiger partial charge < -0.3 is 15.4 Å². The Morgan fingerprint density at radius 1 is 1.64 bits per heavy atom. The van der Waals surface area contributed by atoms with E-state index < -0.39 is 0 Å². The predicted octanol–water partition coefficient (Wildman–Crippen LogP) is 0.139. The minimum atomic E-state index is 0.151. The molecule has 0 spiro atoms. The number of carbonyl (C=O) groups is 1. The normalized spacial score (nSPS) is 21.1. The second-order valence-electron chi connectivity index (χ2n) is 3.61. The third-order valence-corrected chi connectivity index (χ3v) is 2.41. The van der Waals surface area contributed by atoms with Crippen LogP contribution in [-0.2, 0) is 9.53 Å². The molecule has 0 saturated carbocycles. The molecular weight excluding hydrogens is 180 g/mol. The summed E-state index contributed by atoms with van der Waals surface area (Å²) >= 11 is 0. The van der Waals surface area contributed by atoms with Crippen LogP contribution >= 0.6 is 0 Å². The summed E-state index contributed by atoms with van der Waals surface area (Å²) in [5, 5.41) is 6.10. The second-order valence-corrected chi connectivity index (χ2v) is 3.61. The summed E-state index contributed by atoms with van der Waals surface area (Å²) in [5.74, 6) is 0.681. The number of amides is 1. The molecule has 82 valence electrons. The first-order valence-corrected chi connectivity index (χ1v) is 5.38. The molecule has 4 nitrogen and oxygen atoms in total. The maximum atomic E-state index is 11.4. The molecule has 1 atom stereocenters. The summed E-state index contributed by atoms with van der Waals surface area (Å²) < 4.78 is 5.13. The van der Waals surface area contributed by atoms with E-state index in [1.165, 1.54) is 0 Å². The number of hydrogen-bond donors (Lipinski definition) is 2. The Balaban J connectivity index is 1.98. The summed E-state index contributed by atoms with van der Waals surface area (Å²) in [7, 11) is 0. The molecule has 1 heterocycles. The molecule has 1 aliphatic heterocycles. The molecule has 0 aliphatic carbocycles. The number of carbonyl (C=O) groups excluding carboxylic acids is 1. The number of nitrogens with one attached hydrogen (secondary N) is 2. The van der Waals surface area contributed by atoms with Crippen LogP contribution in [0, 0.1) is 5.92 Å². The lowest BCUT2D eigenvalue weighted by molar-refractivity contribution is -0.122. The van der Waals surface area contributed by atoms with Crippen LogP contribution in [0.5, 0.6) is 0 Å². The molecule has 1 aliphatic rings. The van der Waals surface area contributed by atoms with Gasteiger partial charge in [-0.3, -0.25) is 4.79 Å². The van der Waals surface area contributed by atoms with Crippen molar-refractivity contribution in [2.45, 2.75) is 19.8 Å². The van der Waals surface area contributed by atoms with Gasteiger partial charge in [0.25, 0.3) is 0 Å². The Hall–Kier alpha value is -0.610. The first-order chi connectivity index (χ1) is 6.83. The summed E-state index contributed by atoms with van der Waals surface area (Å²) in [4.78, 5) is 11.4. The SMILES string of the molecule is CCOCCNC(=O)CC1CCNC1. The van der Waals surface area contributed by atoms with Gasteiger partial charge >= 0.3 is 0 Å². The number of ether oxygens (including phenoxy) is 1. The van der Waals surface area contributed by atoms with Crippen molar-refractivity contribution in [1.82, 2.24) is 10.6 Å². The Morgan fingerprint density at radius 2 is 2.50 bits per heavy atom. The highest BCUT2D eigenvalue weighted by atomic mass is 16.5. The monoisotopic (exact) mass is 200 g/mol.